The van der Waals surface area contributed by atoms with Crippen molar-refractivity contribution in [2.75, 3.05) is 29.5 Å². The number of anilines is 1. The molecule has 1 heterocycles. The number of carbonyl (C=O) groups is 1. The highest BCUT2D eigenvalue weighted by atomic mass is 32.2. The van der Waals surface area contributed by atoms with E-state index in [1.165, 1.54) is 12.1 Å². The van der Waals surface area contributed by atoms with E-state index in [9.17, 15) is 18.0 Å². The highest BCUT2D eigenvalue weighted by molar-refractivity contribution is 8.06. The lowest BCUT2D eigenvalue weighted by Crippen LogP contribution is -2.34. The molecule has 3 nitrogen and oxygen atoms in total. The molecule has 1 saturated heterocycles. The van der Waals surface area contributed by atoms with Crippen LogP contribution >= 0.6 is 23.5 Å². The maximum Gasteiger partial charge on any atom is 0.418 e. The number of hydrogen-bond acceptors (Lipinski definition) is 4. The number of alkyl halides is 3. The number of rotatable bonds is 3. The molecular formula is C13H15F3N2OS2. The third-order valence-corrected chi connectivity index (χ3v) is 5.88. The second-order valence-electron chi connectivity index (χ2n) is 4.54. The number of nitrogen functional groups attached to an aromatic ring is 1. The summed E-state index contributed by atoms with van der Waals surface area (Å²) in [5, 5.41) is 2.96. The molecule has 8 heteroatoms. The molecule has 0 bridgehead atoms. The molecule has 0 radical (unpaired) electrons. The number of halogens is 3. The lowest BCUT2D eigenvalue weighted by atomic mass is 10.1. The fourth-order valence-corrected chi connectivity index (χ4v) is 4.58. The first-order valence-corrected chi connectivity index (χ1v) is 8.53. The highest BCUT2D eigenvalue weighted by Gasteiger charge is 2.34. The molecule has 1 aliphatic rings. The zero-order valence-electron chi connectivity index (χ0n) is 11.1. The Morgan fingerprint density at radius 2 is 2.14 bits per heavy atom. The number of nitrogens with two attached hydrogens (primary N) is 1. The van der Waals surface area contributed by atoms with E-state index in [-0.39, 0.29) is 5.56 Å². The first-order valence-electron chi connectivity index (χ1n) is 6.33. The third-order valence-electron chi connectivity index (χ3n) is 3.03. The minimum atomic E-state index is -4.56. The molecule has 116 valence electrons. The lowest BCUT2D eigenvalue weighted by Gasteiger charge is -2.21. The van der Waals surface area contributed by atoms with Crippen molar-refractivity contribution in [3.05, 3.63) is 29.3 Å². The van der Waals surface area contributed by atoms with Gasteiger partial charge in [-0.3, -0.25) is 4.79 Å². The van der Waals surface area contributed by atoms with Crippen molar-refractivity contribution in [3.8, 4) is 0 Å². The predicted octanol–water partition coefficient (Wildman–Crippen LogP) is 2.87. The summed E-state index contributed by atoms with van der Waals surface area (Å²) in [6, 6.07) is 3.38. The summed E-state index contributed by atoms with van der Waals surface area (Å²) in [5.41, 5.74) is 3.87. The summed E-state index contributed by atoms with van der Waals surface area (Å²) in [6.07, 6.45) is -4.56. The Hall–Kier alpha value is -1.02. The van der Waals surface area contributed by atoms with Gasteiger partial charge in [0.25, 0.3) is 5.91 Å². The summed E-state index contributed by atoms with van der Waals surface area (Å²) in [4.78, 5) is 12.0. The van der Waals surface area contributed by atoms with Gasteiger partial charge in [-0.25, -0.2) is 0 Å². The van der Waals surface area contributed by atoms with Gasteiger partial charge in [0.1, 0.15) is 0 Å². The van der Waals surface area contributed by atoms with Crippen molar-refractivity contribution < 1.29 is 18.0 Å². The smallest absolute Gasteiger partial charge is 0.398 e. The molecular weight excluding hydrogens is 321 g/mol. The van der Waals surface area contributed by atoms with Gasteiger partial charge >= 0.3 is 6.18 Å². The van der Waals surface area contributed by atoms with Crippen molar-refractivity contribution in [1.29, 1.82) is 0 Å². The van der Waals surface area contributed by atoms with Gasteiger partial charge in [0.15, 0.2) is 0 Å². The lowest BCUT2D eigenvalue weighted by molar-refractivity contribution is -0.136. The molecule has 1 aliphatic heterocycles. The van der Waals surface area contributed by atoms with Gasteiger partial charge in [-0.1, -0.05) is 6.07 Å². The van der Waals surface area contributed by atoms with Crippen LogP contribution in [0.1, 0.15) is 15.9 Å². The van der Waals surface area contributed by atoms with Crippen LogP contribution in [-0.4, -0.2) is 35.0 Å². The second kappa shape index (κ2) is 6.83. The zero-order chi connectivity index (χ0) is 15.5. The predicted molar refractivity (Wildman–Crippen MR) is 81.8 cm³/mol. The molecule has 1 amide bonds. The van der Waals surface area contributed by atoms with E-state index in [2.05, 4.69) is 5.32 Å². The SMILES string of the molecule is Nc1c(C(=O)NCC2CSCCS2)cccc1C(F)(F)F. The number of nitrogens with one attached hydrogen (secondary N) is 1. The summed E-state index contributed by atoms with van der Waals surface area (Å²) in [6.45, 7) is 0.437. The molecule has 1 atom stereocenters. The standard InChI is InChI=1S/C13H15F3N2OS2/c14-13(15,16)10-3-1-2-9(11(10)17)12(19)18-6-8-7-20-4-5-21-8/h1-3,8H,4-7,17H2,(H,18,19). The number of para-hydroxylation sites is 1. The van der Waals surface area contributed by atoms with E-state index in [0.717, 1.165) is 23.3 Å². The molecule has 0 aromatic heterocycles. The van der Waals surface area contributed by atoms with Gasteiger partial charge < -0.3 is 11.1 Å². The highest BCUT2D eigenvalue weighted by Crippen LogP contribution is 2.34. The van der Waals surface area contributed by atoms with Crippen LogP contribution in [0.4, 0.5) is 18.9 Å². The van der Waals surface area contributed by atoms with E-state index in [1.54, 1.807) is 11.8 Å². The molecule has 21 heavy (non-hydrogen) atoms. The van der Waals surface area contributed by atoms with Crippen molar-refractivity contribution in [2.24, 2.45) is 0 Å². The van der Waals surface area contributed by atoms with Crippen LogP contribution in [0, 0.1) is 0 Å². The summed E-state index contributed by atoms with van der Waals surface area (Å²) < 4.78 is 38.3. The van der Waals surface area contributed by atoms with E-state index >= 15 is 0 Å². The van der Waals surface area contributed by atoms with Gasteiger partial charge in [0.2, 0.25) is 0 Å². The topological polar surface area (TPSA) is 55.1 Å². The molecule has 1 fully saturated rings. The maximum absolute atomic E-state index is 12.8. The first kappa shape index (κ1) is 16.4. The summed E-state index contributed by atoms with van der Waals surface area (Å²) in [7, 11) is 0. The molecule has 1 aromatic carbocycles. The zero-order valence-corrected chi connectivity index (χ0v) is 12.7. The van der Waals surface area contributed by atoms with Crippen LogP contribution in [0.5, 0.6) is 0 Å². The number of thioether (sulfide) groups is 2. The summed E-state index contributed by atoms with van der Waals surface area (Å²) >= 11 is 3.58. The van der Waals surface area contributed by atoms with Gasteiger partial charge in [-0.05, 0) is 12.1 Å². The van der Waals surface area contributed by atoms with Gasteiger partial charge in [-0.15, -0.1) is 0 Å². The van der Waals surface area contributed by atoms with Crippen LogP contribution in [0.15, 0.2) is 18.2 Å². The Kier molecular flexibility index (Phi) is 5.32. The minimum Gasteiger partial charge on any atom is -0.398 e. The molecule has 0 saturated carbocycles. The Balaban J connectivity index is 2.05. The van der Waals surface area contributed by atoms with E-state index < -0.39 is 23.3 Å². The average Bonchev–Trinajstić information content (AvgIpc) is 2.45. The van der Waals surface area contributed by atoms with E-state index in [1.807, 2.05) is 11.8 Å². The van der Waals surface area contributed by atoms with Crippen molar-refractivity contribution in [3.63, 3.8) is 0 Å². The van der Waals surface area contributed by atoms with Gasteiger partial charge in [-0.2, -0.15) is 36.7 Å². The molecule has 2 rings (SSSR count). The Morgan fingerprint density at radius 1 is 1.38 bits per heavy atom. The Morgan fingerprint density at radius 3 is 2.76 bits per heavy atom. The molecule has 1 unspecified atom stereocenters. The van der Waals surface area contributed by atoms with Crippen LogP contribution < -0.4 is 11.1 Å². The molecule has 1 aromatic rings. The number of amides is 1. The van der Waals surface area contributed by atoms with E-state index in [0.29, 0.717) is 11.8 Å². The van der Waals surface area contributed by atoms with Crippen LogP contribution in [0.25, 0.3) is 0 Å². The van der Waals surface area contributed by atoms with Gasteiger partial charge in [0.05, 0.1) is 16.8 Å². The average molecular weight is 336 g/mol. The minimum absolute atomic E-state index is 0.127. The van der Waals surface area contributed by atoms with Crippen LogP contribution in [-0.2, 0) is 6.18 Å². The molecule has 0 spiro atoms. The third kappa shape index (κ3) is 4.23. The maximum atomic E-state index is 12.8. The number of benzene rings is 1. The largest absolute Gasteiger partial charge is 0.418 e. The van der Waals surface area contributed by atoms with Crippen molar-refractivity contribution in [1.82, 2.24) is 5.32 Å². The normalized spacial score (nSPS) is 19.3. The first-order chi connectivity index (χ1) is 9.89. The number of hydrogen-bond donors (Lipinski definition) is 2. The van der Waals surface area contributed by atoms with Crippen LogP contribution in [0.2, 0.25) is 0 Å². The fourth-order valence-electron chi connectivity index (χ4n) is 1.97. The van der Waals surface area contributed by atoms with E-state index in [4.69, 9.17) is 5.73 Å². The fraction of sp³-hybridized carbons (Fsp3) is 0.462. The molecule has 3 N–H and O–H groups in total. The summed E-state index contributed by atoms with van der Waals surface area (Å²) in [5.74, 6) is 2.49. The van der Waals surface area contributed by atoms with Crippen LogP contribution in [0.3, 0.4) is 0 Å². The molecule has 0 aliphatic carbocycles. The quantitative estimate of drug-likeness (QED) is 0.834. The second-order valence-corrected chi connectivity index (χ2v) is 7.10. The Bertz CT molecular complexity index is 517. The van der Waals surface area contributed by atoms with Crippen molar-refractivity contribution >= 4 is 35.1 Å². The Labute approximate surface area is 129 Å². The number of carbonyl (C=O) groups excluding carboxylic acids is 1. The van der Waals surface area contributed by atoms with Crippen molar-refractivity contribution in [2.45, 2.75) is 11.4 Å². The monoisotopic (exact) mass is 336 g/mol. The van der Waals surface area contributed by atoms with Gasteiger partial charge in [0, 0.05) is 29.1 Å².